The van der Waals surface area contributed by atoms with Crippen LogP contribution in [0.15, 0.2) is 54.6 Å². The van der Waals surface area contributed by atoms with Gasteiger partial charge in [0.15, 0.2) is 0 Å². The van der Waals surface area contributed by atoms with E-state index in [0.717, 1.165) is 38.9 Å². The van der Waals surface area contributed by atoms with Crippen LogP contribution in [0.1, 0.15) is 40.0 Å². The number of primary amides is 1. The zero-order valence-corrected chi connectivity index (χ0v) is 16.0. The SMILES string of the molecule is NC(=O)c1ccccc1OCCCN1CCC(NC(=O)c2ccccc2)CC1. The van der Waals surface area contributed by atoms with Crippen molar-refractivity contribution in [2.24, 2.45) is 5.73 Å². The van der Waals surface area contributed by atoms with E-state index in [1.807, 2.05) is 36.4 Å². The molecule has 0 spiro atoms. The van der Waals surface area contributed by atoms with Crippen LogP contribution in [0.3, 0.4) is 0 Å². The van der Waals surface area contributed by atoms with Crippen LogP contribution in [0.5, 0.6) is 5.75 Å². The molecular weight excluding hydrogens is 354 g/mol. The van der Waals surface area contributed by atoms with E-state index in [0.29, 0.717) is 23.5 Å². The van der Waals surface area contributed by atoms with E-state index in [4.69, 9.17) is 10.5 Å². The van der Waals surface area contributed by atoms with Crippen molar-refractivity contribution in [1.29, 1.82) is 0 Å². The van der Waals surface area contributed by atoms with Gasteiger partial charge in [-0.25, -0.2) is 0 Å². The zero-order valence-electron chi connectivity index (χ0n) is 16.0. The molecule has 1 saturated heterocycles. The van der Waals surface area contributed by atoms with Crippen molar-refractivity contribution in [1.82, 2.24) is 10.2 Å². The maximum absolute atomic E-state index is 12.2. The van der Waals surface area contributed by atoms with Gasteiger partial charge in [0.2, 0.25) is 0 Å². The molecule has 3 rings (SSSR count). The number of rotatable bonds is 8. The first kappa shape index (κ1) is 19.9. The van der Waals surface area contributed by atoms with Crippen LogP contribution in [0.2, 0.25) is 0 Å². The lowest BCUT2D eigenvalue weighted by molar-refractivity contribution is 0.0909. The Hall–Kier alpha value is -2.86. The number of nitrogens with one attached hydrogen (secondary N) is 1. The first-order chi connectivity index (χ1) is 13.6. The Morgan fingerprint density at radius 3 is 2.43 bits per heavy atom. The Bertz CT molecular complexity index is 787. The summed E-state index contributed by atoms with van der Waals surface area (Å²) in [5.74, 6) is 0.0631. The number of hydrogen-bond acceptors (Lipinski definition) is 4. The monoisotopic (exact) mass is 381 g/mol. The number of amides is 2. The third-order valence-electron chi connectivity index (χ3n) is 4.99. The summed E-state index contributed by atoms with van der Waals surface area (Å²) in [7, 11) is 0. The van der Waals surface area contributed by atoms with Gasteiger partial charge in [-0.3, -0.25) is 9.59 Å². The number of likely N-dealkylation sites (tertiary alicyclic amines) is 1. The van der Waals surface area contributed by atoms with Crippen molar-refractivity contribution in [3.8, 4) is 5.75 Å². The average Bonchev–Trinajstić information content (AvgIpc) is 2.73. The number of carbonyl (C=O) groups excluding carboxylic acids is 2. The normalized spacial score (nSPS) is 15.1. The van der Waals surface area contributed by atoms with E-state index >= 15 is 0 Å². The summed E-state index contributed by atoms with van der Waals surface area (Å²) in [5, 5.41) is 3.13. The van der Waals surface area contributed by atoms with Crippen LogP contribution >= 0.6 is 0 Å². The third-order valence-corrected chi connectivity index (χ3v) is 4.99. The zero-order chi connectivity index (χ0) is 19.8. The van der Waals surface area contributed by atoms with Crippen molar-refractivity contribution >= 4 is 11.8 Å². The van der Waals surface area contributed by atoms with Gasteiger partial charge in [0.05, 0.1) is 12.2 Å². The minimum absolute atomic E-state index is 0.000524. The topological polar surface area (TPSA) is 84.7 Å². The van der Waals surface area contributed by atoms with Crippen LogP contribution in [-0.4, -0.2) is 49.0 Å². The highest BCUT2D eigenvalue weighted by Gasteiger charge is 2.20. The molecule has 2 amide bonds. The Morgan fingerprint density at radius 2 is 1.71 bits per heavy atom. The lowest BCUT2D eigenvalue weighted by Gasteiger charge is -2.32. The van der Waals surface area contributed by atoms with E-state index in [2.05, 4.69) is 10.2 Å². The summed E-state index contributed by atoms with van der Waals surface area (Å²) in [6.45, 7) is 3.38. The molecule has 2 aromatic carbocycles. The average molecular weight is 381 g/mol. The van der Waals surface area contributed by atoms with E-state index in [-0.39, 0.29) is 11.9 Å². The van der Waals surface area contributed by atoms with Crippen molar-refractivity contribution in [2.75, 3.05) is 26.2 Å². The lowest BCUT2D eigenvalue weighted by Crippen LogP contribution is -2.45. The van der Waals surface area contributed by atoms with E-state index < -0.39 is 5.91 Å². The van der Waals surface area contributed by atoms with E-state index in [1.54, 1.807) is 18.2 Å². The predicted molar refractivity (Wildman–Crippen MR) is 108 cm³/mol. The van der Waals surface area contributed by atoms with Gasteiger partial charge in [-0.05, 0) is 43.5 Å². The first-order valence-electron chi connectivity index (χ1n) is 9.73. The third kappa shape index (κ3) is 5.57. The largest absolute Gasteiger partial charge is 0.493 e. The maximum Gasteiger partial charge on any atom is 0.252 e. The van der Waals surface area contributed by atoms with Gasteiger partial charge in [0.25, 0.3) is 11.8 Å². The van der Waals surface area contributed by atoms with Gasteiger partial charge < -0.3 is 20.7 Å². The molecule has 1 aliphatic rings. The molecule has 0 radical (unpaired) electrons. The molecule has 0 saturated carbocycles. The van der Waals surface area contributed by atoms with Crippen molar-refractivity contribution in [2.45, 2.75) is 25.3 Å². The van der Waals surface area contributed by atoms with Gasteiger partial charge in [0, 0.05) is 31.2 Å². The Kier molecular flexibility index (Phi) is 7.03. The first-order valence-corrected chi connectivity index (χ1v) is 9.73. The van der Waals surface area contributed by atoms with E-state index in [9.17, 15) is 9.59 Å². The molecule has 6 heteroatoms. The van der Waals surface area contributed by atoms with Gasteiger partial charge in [-0.2, -0.15) is 0 Å². The van der Waals surface area contributed by atoms with Crippen molar-refractivity contribution in [3.05, 3.63) is 65.7 Å². The number of para-hydroxylation sites is 1. The molecule has 6 nitrogen and oxygen atoms in total. The number of nitrogens with zero attached hydrogens (tertiary/aromatic N) is 1. The van der Waals surface area contributed by atoms with Gasteiger partial charge in [-0.15, -0.1) is 0 Å². The number of carbonyl (C=O) groups is 2. The molecule has 0 aliphatic carbocycles. The molecule has 1 fully saturated rings. The molecule has 0 atom stereocenters. The summed E-state index contributed by atoms with van der Waals surface area (Å²) in [5.41, 5.74) is 6.48. The Morgan fingerprint density at radius 1 is 1.04 bits per heavy atom. The second-order valence-corrected chi connectivity index (χ2v) is 7.02. The second-order valence-electron chi connectivity index (χ2n) is 7.02. The standard InChI is InChI=1S/C22H27N3O3/c23-21(26)19-9-4-5-10-20(19)28-16-6-13-25-14-11-18(12-15-25)24-22(27)17-7-2-1-3-8-17/h1-5,7-10,18H,6,11-16H2,(H2,23,26)(H,24,27). The highest BCUT2D eigenvalue weighted by atomic mass is 16.5. The Labute approximate surface area is 165 Å². The molecule has 0 aromatic heterocycles. The highest BCUT2D eigenvalue weighted by Crippen LogP contribution is 2.17. The molecule has 148 valence electrons. The predicted octanol–water partition coefficient (Wildman–Crippen LogP) is 2.45. The minimum atomic E-state index is -0.477. The van der Waals surface area contributed by atoms with Crippen molar-refractivity contribution < 1.29 is 14.3 Å². The molecule has 28 heavy (non-hydrogen) atoms. The minimum Gasteiger partial charge on any atom is -0.493 e. The molecule has 2 aromatic rings. The number of hydrogen-bond donors (Lipinski definition) is 2. The lowest BCUT2D eigenvalue weighted by atomic mass is 10.0. The summed E-state index contributed by atoms with van der Waals surface area (Å²) < 4.78 is 5.73. The molecule has 3 N–H and O–H groups in total. The fourth-order valence-electron chi connectivity index (χ4n) is 3.43. The van der Waals surface area contributed by atoms with Crippen LogP contribution in [0, 0.1) is 0 Å². The van der Waals surface area contributed by atoms with Gasteiger partial charge in [-0.1, -0.05) is 30.3 Å². The van der Waals surface area contributed by atoms with Crippen LogP contribution in [-0.2, 0) is 0 Å². The van der Waals surface area contributed by atoms with Crippen LogP contribution in [0.4, 0.5) is 0 Å². The summed E-state index contributed by atoms with van der Waals surface area (Å²) >= 11 is 0. The number of piperidine rings is 1. The van der Waals surface area contributed by atoms with E-state index in [1.165, 1.54) is 0 Å². The molecular formula is C22H27N3O3. The molecule has 0 bridgehead atoms. The summed E-state index contributed by atoms with van der Waals surface area (Å²) in [6.07, 6.45) is 2.77. The smallest absolute Gasteiger partial charge is 0.252 e. The molecule has 0 unspecified atom stereocenters. The van der Waals surface area contributed by atoms with Crippen LogP contribution in [0.25, 0.3) is 0 Å². The highest BCUT2D eigenvalue weighted by molar-refractivity contribution is 5.95. The number of ether oxygens (including phenoxy) is 1. The second kappa shape index (κ2) is 9.90. The molecule has 1 heterocycles. The summed E-state index contributed by atoms with van der Waals surface area (Å²) in [6, 6.07) is 16.6. The fraction of sp³-hybridized carbons (Fsp3) is 0.364. The van der Waals surface area contributed by atoms with Crippen molar-refractivity contribution in [3.63, 3.8) is 0 Å². The summed E-state index contributed by atoms with van der Waals surface area (Å²) in [4.78, 5) is 26.0. The van der Waals surface area contributed by atoms with Gasteiger partial charge >= 0.3 is 0 Å². The molecule has 1 aliphatic heterocycles. The maximum atomic E-state index is 12.2. The van der Waals surface area contributed by atoms with Gasteiger partial charge in [0.1, 0.15) is 5.75 Å². The fourth-order valence-corrected chi connectivity index (χ4v) is 3.43. The Balaban J connectivity index is 1.35. The number of nitrogens with two attached hydrogens (primary N) is 1. The quantitative estimate of drug-likeness (QED) is 0.688. The van der Waals surface area contributed by atoms with Crippen LogP contribution < -0.4 is 15.8 Å². The number of benzene rings is 2.